The summed E-state index contributed by atoms with van der Waals surface area (Å²) in [7, 11) is 4.06. The van der Waals surface area contributed by atoms with Crippen molar-refractivity contribution in [2.45, 2.75) is 39.2 Å². The van der Waals surface area contributed by atoms with Gasteiger partial charge in [-0.15, -0.1) is 24.0 Å². The van der Waals surface area contributed by atoms with E-state index in [0.29, 0.717) is 5.92 Å². The molecule has 2 rings (SSSR count). The number of aromatic nitrogens is 2. The molecule has 4 nitrogen and oxygen atoms in total. The number of hydrogen-bond donors (Lipinski definition) is 0. The van der Waals surface area contributed by atoms with Crippen LogP contribution in [-0.4, -0.2) is 42.2 Å². The molecule has 0 spiro atoms. The van der Waals surface area contributed by atoms with E-state index in [1.807, 2.05) is 26.5 Å². The second-order valence-electron chi connectivity index (χ2n) is 5.15. The zero-order valence-electron chi connectivity index (χ0n) is 12.4. The fourth-order valence-corrected chi connectivity index (χ4v) is 1.61. The van der Waals surface area contributed by atoms with Crippen molar-refractivity contribution in [1.29, 1.82) is 0 Å². The van der Waals surface area contributed by atoms with Crippen LogP contribution < -0.4 is 0 Å². The smallest absolute Gasteiger partial charge is 0.0730 e. The summed E-state index contributed by atoms with van der Waals surface area (Å²) < 4.78 is 4.94. The molecule has 1 aliphatic heterocycles. The minimum absolute atomic E-state index is 0. The van der Waals surface area contributed by atoms with Crippen LogP contribution in [0.5, 0.6) is 0 Å². The van der Waals surface area contributed by atoms with Crippen LogP contribution in [0.1, 0.15) is 44.0 Å². The number of rotatable bonds is 3. The molecular formula is C14H26IN3O. The number of ether oxygens (including phenoxy) is 1. The summed E-state index contributed by atoms with van der Waals surface area (Å²) in [5.41, 5.74) is 2.11. The highest BCUT2D eigenvalue weighted by Gasteiger charge is 2.03. The van der Waals surface area contributed by atoms with Crippen LogP contribution >= 0.6 is 24.0 Å². The van der Waals surface area contributed by atoms with Gasteiger partial charge < -0.3 is 9.64 Å². The van der Waals surface area contributed by atoms with Crippen molar-refractivity contribution < 1.29 is 4.74 Å². The molecule has 0 aromatic carbocycles. The van der Waals surface area contributed by atoms with E-state index in [2.05, 4.69) is 28.7 Å². The Balaban J connectivity index is 0.000000454. The van der Waals surface area contributed by atoms with E-state index < -0.39 is 0 Å². The third kappa shape index (κ3) is 8.49. The van der Waals surface area contributed by atoms with Gasteiger partial charge in [-0.2, -0.15) is 0 Å². The summed E-state index contributed by atoms with van der Waals surface area (Å²) >= 11 is 0. The van der Waals surface area contributed by atoms with Gasteiger partial charge in [-0.25, -0.2) is 0 Å². The van der Waals surface area contributed by atoms with Crippen molar-refractivity contribution >= 4 is 24.0 Å². The monoisotopic (exact) mass is 379 g/mol. The molecule has 0 amide bonds. The van der Waals surface area contributed by atoms with Crippen LogP contribution in [0.2, 0.25) is 0 Å². The van der Waals surface area contributed by atoms with E-state index >= 15 is 0 Å². The molecule has 5 heteroatoms. The molecule has 0 aliphatic carbocycles. The Morgan fingerprint density at radius 1 is 1.21 bits per heavy atom. The first-order chi connectivity index (χ1) is 8.59. The molecule has 0 saturated carbocycles. The van der Waals surface area contributed by atoms with E-state index in [0.717, 1.165) is 31.1 Å². The van der Waals surface area contributed by atoms with E-state index in [9.17, 15) is 0 Å². The Kier molecular flexibility index (Phi) is 10.4. The first-order valence-corrected chi connectivity index (χ1v) is 6.63. The molecule has 19 heavy (non-hydrogen) atoms. The SMILES string of the molecule is C1CCOC1.CC(C)c1cncc(CN(C)C)n1.I. The van der Waals surface area contributed by atoms with Crippen molar-refractivity contribution in [3.05, 3.63) is 23.8 Å². The maximum Gasteiger partial charge on any atom is 0.0730 e. The van der Waals surface area contributed by atoms with Gasteiger partial charge in [0.1, 0.15) is 0 Å². The molecular weight excluding hydrogens is 353 g/mol. The molecule has 1 fully saturated rings. The molecule has 0 N–H and O–H groups in total. The maximum atomic E-state index is 4.94. The van der Waals surface area contributed by atoms with Crippen LogP contribution in [0.3, 0.4) is 0 Å². The number of nitrogens with zero attached hydrogens (tertiary/aromatic N) is 3. The van der Waals surface area contributed by atoms with Crippen LogP contribution in [0.15, 0.2) is 12.4 Å². The fourth-order valence-electron chi connectivity index (χ4n) is 1.61. The quantitative estimate of drug-likeness (QED) is 0.757. The Morgan fingerprint density at radius 3 is 2.26 bits per heavy atom. The zero-order chi connectivity index (χ0) is 13.4. The molecule has 0 radical (unpaired) electrons. The van der Waals surface area contributed by atoms with Gasteiger partial charge in [0, 0.05) is 32.2 Å². The van der Waals surface area contributed by atoms with Crippen LogP contribution in [0, 0.1) is 0 Å². The summed E-state index contributed by atoms with van der Waals surface area (Å²) in [4.78, 5) is 10.8. The Hall–Kier alpha value is -0.270. The van der Waals surface area contributed by atoms with E-state index in [-0.39, 0.29) is 24.0 Å². The zero-order valence-corrected chi connectivity index (χ0v) is 14.8. The van der Waals surface area contributed by atoms with Gasteiger partial charge >= 0.3 is 0 Å². The first kappa shape index (κ1) is 18.7. The first-order valence-electron chi connectivity index (χ1n) is 6.63. The van der Waals surface area contributed by atoms with E-state index in [4.69, 9.17) is 4.74 Å². The summed E-state index contributed by atoms with van der Waals surface area (Å²) in [6, 6.07) is 0. The number of hydrogen-bond acceptors (Lipinski definition) is 4. The van der Waals surface area contributed by atoms with Gasteiger partial charge in [0.2, 0.25) is 0 Å². The second kappa shape index (κ2) is 10.5. The molecule has 0 atom stereocenters. The van der Waals surface area contributed by atoms with E-state index in [1.165, 1.54) is 12.8 Å². The summed E-state index contributed by atoms with van der Waals surface area (Å²) in [6.07, 6.45) is 6.22. The average molecular weight is 379 g/mol. The minimum atomic E-state index is 0. The maximum absolute atomic E-state index is 4.94. The predicted octanol–water partition coefficient (Wildman–Crippen LogP) is 3.08. The van der Waals surface area contributed by atoms with Gasteiger partial charge in [0.05, 0.1) is 11.4 Å². The largest absolute Gasteiger partial charge is 0.381 e. The summed E-state index contributed by atoms with van der Waals surface area (Å²) in [6.45, 7) is 7.11. The minimum Gasteiger partial charge on any atom is -0.381 e. The summed E-state index contributed by atoms with van der Waals surface area (Å²) in [5.74, 6) is 0.453. The van der Waals surface area contributed by atoms with Gasteiger partial charge in [0.15, 0.2) is 0 Å². The van der Waals surface area contributed by atoms with Crippen molar-refractivity contribution in [3.63, 3.8) is 0 Å². The molecule has 110 valence electrons. The van der Waals surface area contributed by atoms with Crippen molar-refractivity contribution in [2.75, 3.05) is 27.3 Å². The van der Waals surface area contributed by atoms with Gasteiger partial charge in [0.25, 0.3) is 0 Å². The Morgan fingerprint density at radius 2 is 1.84 bits per heavy atom. The van der Waals surface area contributed by atoms with Crippen LogP contribution in [0.25, 0.3) is 0 Å². The third-order valence-corrected chi connectivity index (χ3v) is 2.60. The Bertz CT molecular complexity index is 334. The standard InChI is InChI=1S/C10H17N3.C4H8O.HI/c1-8(2)10-6-11-5-9(12-10)7-13(3)4;1-2-4-5-3-1;/h5-6,8H,7H2,1-4H3;1-4H2;1H. The lowest BCUT2D eigenvalue weighted by Gasteiger charge is -2.10. The highest BCUT2D eigenvalue weighted by atomic mass is 127. The van der Waals surface area contributed by atoms with E-state index in [1.54, 1.807) is 0 Å². The lowest BCUT2D eigenvalue weighted by Crippen LogP contribution is -2.13. The summed E-state index contributed by atoms with van der Waals surface area (Å²) in [5, 5.41) is 0. The molecule has 1 aliphatic rings. The molecule has 0 bridgehead atoms. The molecule has 1 aromatic heterocycles. The predicted molar refractivity (Wildman–Crippen MR) is 89.0 cm³/mol. The highest BCUT2D eigenvalue weighted by Crippen LogP contribution is 2.10. The molecule has 1 aromatic rings. The van der Waals surface area contributed by atoms with Crippen LogP contribution in [-0.2, 0) is 11.3 Å². The van der Waals surface area contributed by atoms with Crippen molar-refractivity contribution in [2.24, 2.45) is 0 Å². The third-order valence-electron chi connectivity index (χ3n) is 2.60. The van der Waals surface area contributed by atoms with Crippen molar-refractivity contribution in [3.8, 4) is 0 Å². The van der Waals surface area contributed by atoms with Gasteiger partial charge in [-0.3, -0.25) is 9.97 Å². The average Bonchev–Trinajstić information content (AvgIpc) is 2.87. The van der Waals surface area contributed by atoms with Gasteiger partial charge in [-0.05, 0) is 32.9 Å². The van der Waals surface area contributed by atoms with Crippen LogP contribution in [0.4, 0.5) is 0 Å². The highest BCUT2D eigenvalue weighted by molar-refractivity contribution is 14.0. The van der Waals surface area contributed by atoms with Gasteiger partial charge in [-0.1, -0.05) is 13.8 Å². The Labute approximate surface area is 134 Å². The van der Waals surface area contributed by atoms with Crippen molar-refractivity contribution in [1.82, 2.24) is 14.9 Å². The fraction of sp³-hybridized carbons (Fsp3) is 0.714. The second-order valence-corrected chi connectivity index (χ2v) is 5.15. The lowest BCUT2D eigenvalue weighted by atomic mass is 10.1. The molecule has 0 unspecified atom stereocenters. The normalized spacial score (nSPS) is 14.0. The topological polar surface area (TPSA) is 38.2 Å². The molecule has 1 saturated heterocycles. The molecule has 2 heterocycles. The number of halogens is 1. The lowest BCUT2D eigenvalue weighted by molar-refractivity contribution is 0.198.